The van der Waals surface area contributed by atoms with Gasteiger partial charge in [-0.3, -0.25) is 0 Å². The van der Waals surface area contributed by atoms with Gasteiger partial charge in [0.25, 0.3) is 0 Å². The van der Waals surface area contributed by atoms with Gasteiger partial charge in [0.05, 0.1) is 19.0 Å². The molecule has 0 unspecified atom stereocenters. The number of hydrogen-bond acceptors (Lipinski definition) is 2. The summed E-state index contributed by atoms with van der Waals surface area (Å²) in [4.78, 5) is 0. The normalized spacial score (nSPS) is 12.3. The molecular weight excluding hydrogens is 442 g/mol. The van der Waals surface area contributed by atoms with Gasteiger partial charge in [-0.1, -0.05) is 40.9 Å². The Morgan fingerprint density at radius 2 is 1.53 bits per heavy atom. The molecule has 0 radical (unpaired) electrons. The molecule has 2 nitrogen and oxygen atoms in total. The average molecular weight is 445 g/mol. The van der Waals surface area contributed by atoms with Gasteiger partial charge in [-0.25, -0.2) is 0 Å². The Hall–Kier alpha value is -0.130. The van der Waals surface area contributed by atoms with Crippen LogP contribution in [-0.4, -0.2) is 0 Å². The Balaban J connectivity index is 2.26. The summed E-state index contributed by atoms with van der Waals surface area (Å²) in [5, 5.41) is 1.04. The number of fused-ring (bicyclic) bond motifs is 2. The largest absolute Gasteiger partial charge is 0.448 e. The quantitative estimate of drug-likeness (QED) is 0.272. The third-order valence-electron chi connectivity index (χ3n) is 2.53. The van der Waals surface area contributed by atoms with E-state index in [0.29, 0.717) is 42.0 Å². The lowest BCUT2D eigenvalue weighted by Gasteiger charge is -2.24. The van der Waals surface area contributed by atoms with Crippen LogP contribution in [0, 0.1) is 0 Å². The third kappa shape index (κ3) is 2.14. The molecule has 0 aromatic heterocycles. The van der Waals surface area contributed by atoms with Gasteiger partial charge in [0.15, 0.2) is 23.0 Å². The van der Waals surface area contributed by atoms with E-state index in [4.69, 9.17) is 44.3 Å². The van der Waals surface area contributed by atoms with Crippen LogP contribution in [0.5, 0.6) is 23.0 Å². The van der Waals surface area contributed by atoms with Crippen LogP contribution in [0.25, 0.3) is 0 Å². The van der Waals surface area contributed by atoms with Gasteiger partial charge < -0.3 is 9.47 Å². The smallest absolute Gasteiger partial charge is 0.191 e. The molecule has 0 fully saturated rings. The zero-order valence-corrected chi connectivity index (χ0v) is 14.4. The molecule has 0 spiro atoms. The zero-order chi connectivity index (χ0) is 13.7. The molecule has 3 rings (SSSR count). The van der Waals surface area contributed by atoms with E-state index in [-0.39, 0.29) is 5.02 Å². The SMILES string of the molecule is Clc1cccc2c1Oc1c(Cl)c(Cl)c(Br)c(Br)c1O2. The Kier molecular flexibility index (Phi) is 3.65. The van der Waals surface area contributed by atoms with Crippen LogP contribution in [0.4, 0.5) is 0 Å². The first-order valence-electron chi connectivity index (χ1n) is 5.01. The first-order valence-corrected chi connectivity index (χ1v) is 7.73. The van der Waals surface area contributed by atoms with Gasteiger partial charge in [0, 0.05) is 0 Å². The van der Waals surface area contributed by atoms with Gasteiger partial charge in [-0.05, 0) is 44.0 Å². The summed E-state index contributed by atoms with van der Waals surface area (Å²) in [5.41, 5.74) is 0. The van der Waals surface area contributed by atoms with Gasteiger partial charge >= 0.3 is 0 Å². The van der Waals surface area contributed by atoms with Crippen LogP contribution in [0.3, 0.4) is 0 Å². The van der Waals surface area contributed by atoms with Crippen LogP contribution in [0.2, 0.25) is 15.1 Å². The first-order chi connectivity index (χ1) is 9.00. The van der Waals surface area contributed by atoms with Crippen LogP contribution >= 0.6 is 66.7 Å². The molecular formula is C12H3Br2Cl3O2. The highest BCUT2D eigenvalue weighted by Crippen LogP contribution is 2.57. The van der Waals surface area contributed by atoms with Crippen molar-refractivity contribution in [3.05, 3.63) is 42.2 Å². The van der Waals surface area contributed by atoms with Crippen molar-refractivity contribution < 1.29 is 9.47 Å². The highest BCUT2D eigenvalue weighted by Gasteiger charge is 2.29. The van der Waals surface area contributed by atoms with E-state index < -0.39 is 0 Å². The van der Waals surface area contributed by atoms with Gasteiger partial charge in [-0.15, -0.1) is 0 Å². The van der Waals surface area contributed by atoms with Crippen molar-refractivity contribution >= 4 is 66.7 Å². The van der Waals surface area contributed by atoms with Gasteiger partial charge in [-0.2, -0.15) is 0 Å². The number of benzene rings is 2. The molecule has 7 heteroatoms. The van der Waals surface area contributed by atoms with E-state index >= 15 is 0 Å². The summed E-state index contributed by atoms with van der Waals surface area (Å²) in [6, 6.07) is 5.24. The maximum absolute atomic E-state index is 6.18. The van der Waals surface area contributed by atoms with Crippen molar-refractivity contribution in [3.8, 4) is 23.0 Å². The van der Waals surface area contributed by atoms with E-state index in [9.17, 15) is 0 Å². The van der Waals surface area contributed by atoms with Gasteiger partial charge in [0.2, 0.25) is 0 Å². The fourth-order valence-electron chi connectivity index (χ4n) is 1.65. The van der Waals surface area contributed by atoms with Crippen LogP contribution in [0.1, 0.15) is 0 Å². The van der Waals surface area contributed by atoms with E-state index in [1.807, 2.05) is 0 Å². The molecule has 0 saturated carbocycles. The van der Waals surface area contributed by atoms with E-state index in [1.54, 1.807) is 18.2 Å². The average Bonchev–Trinajstić information content (AvgIpc) is 2.42. The summed E-state index contributed by atoms with van der Waals surface area (Å²) in [5.74, 6) is 1.73. The standard InChI is InChI=1S/C12H3Br2Cl3O2/c13-6-7(14)11-12(9(17)8(6)16)19-10-4(15)2-1-3-5(10)18-11/h1-3H. The van der Waals surface area contributed by atoms with Crippen molar-refractivity contribution in [2.24, 2.45) is 0 Å². The predicted molar refractivity (Wildman–Crippen MR) is 83.5 cm³/mol. The molecule has 19 heavy (non-hydrogen) atoms. The molecule has 0 saturated heterocycles. The molecule has 0 aliphatic carbocycles. The third-order valence-corrected chi connectivity index (χ3v) is 5.97. The fraction of sp³-hybridized carbons (Fsp3) is 0. The monoisotopic (exact) mass is 442 g/mol. The van der Waals surface area contributed by atoms with Crippen molar-refractivity contribution in [3.63, 3.8) is 0 Å². The van der Waals surface area contributed by atoms with E-state index in [2.05, 4.69) is 31.9 Å². The van der Waals surface area contributed by atoms with Crippen molar-refractivity contribution in [1.29, 1.82) is 0 Å². The number of hydrogen-bond donors (Lipinski definition) is 0. The van der Waals surface area contributed by atoms with Crippen LogP contribution in [0.15, 0.2) is 27.1 Å². The Labute approximate surface area is 140 Å². The second-order valence-electron chi connectivity index (χ2n) is 3.69. The summed E-state index contributed by atoms with van der Waals surface area (Å²) in [6.07, 6.45) is 0. The minimum Gasteiger partial charge on any atom is -0.448 e. The summed E-state index contributed by atoms with van der Waals surface area (Å²) >= 11 is 25.1. The van der Waals surface area contributed by atoms with Crippen LogP contribution < -0.4 is 9.47 Å². The van der Waals surface area contributed by atoms with E-state index in [0.717, 1.165) is 0 Å². The molecule has 2 aromatic carbocycles. The molecule has 0 bridgehead atoms. The highest BCUT2D eigenvalue weighted by molar-refractivity contribution is 9.13. The maximum atomic E-state index is 6.18. The molecule has 1 heterocycles. The lowest BCUT2D eigenvalue weighted by molar-refractivity contribution is 0.358. The molecule has 0 amide bonds. The number of rotatable bonds is 0. The van der Waals surface area contributed by atoms with Crippen molar-refractivity contribution in [1.82, 2.24) is 0 Å². The molecule has 0 atom stereocenters. The number of ether oxygens (including phenoxy) is 2. The molecule has 1 aliphatic heterocycles. The zero-order valence-electron chi connectivity index (χ0n) is 8.94. The molecule has 0 N–H and O–H groups in total. The maximum Gasteiger partial charge on any atom is 0.191 e. The highest BCUT2D eigenvalue weighted by atomic mass is 79.9. The Bertz CT molecular complexity index is 704. The fourth-order valence-corrected chi connectivity index (χ4v) is 3.32. The number of halogens is 5. The Morgan fingerprint density at radius 3 is 2.26 bits per heavy atom. The minimum absolute atomic E-state index is 0.261. The second-order valence-corrected chi connectivity index (χ2v) is 6.43. The Morgan fingerprint density at radius 1 is 0.789 bits per heavy atom. The summed E-state index contributed by atoms with van der Waals surface area (Å²) in [7, 11) is 0. The first kappa shape index (κ1) is 13.8. The molecule has 98 valence electrons. The predicted octanol–water partition coefficient (Wildman–Crippen LogP) is 7.07. The molecule has 1 aliphatic rings. The summed E-state index contributed by atoms with van der Waals surface area (Å²) < 4.78 is 12.7. The van der Waals surface area contributed by atoms with Crippen LogP contribution in [-0.2, 0) is 0 Å². The molecule has 2 aromatic rings. The van der Waals surface area contributed by atoms with E-state index in [1.165, 1.54) is 0 Å². The summed E-state index contributed by atoms with van der Waals surface area (Å²) in [6.45, 7) is 0. The lowest BCUT2D eigenvalue weighted by atomic mass is 10.2. The van der Waals surface area contributed by atoms with Crippen molar-refractivity contribution in [2.75, 3.05) is 0 Å². The topological polar surface area (TPSA) is 18.5 Å². The van der Waals surface area contributed by atoms with Gasteiger partial charge in [0.1, 0.15) is 5.02 Å². The minimum atomic E-state index is 0.261. The number of para-hydroxylation sites is 1. The van der Waals surface area contributed by atoms with Crippen molar-refractivity contribution in [2.45, 2.75) is 0 Å². The lowest BCUT2D eigenvalue weighted by Crippen LogP contribution is -2.01. The second kappa shape index (κ2) is 5.01.